The molecule has 0 spiro atoms. The van der Waals surface area contributed by atoms with Gasteiger partial charge >= 0.3 is 0 Å². The Bertz CT molecular complexity index is 786. The summed E-state index contributed by atoms with van der Waals surface area (Å²) >= 11 is 8.78. The lowest BCUT2D eigenvalue weighted by Gasteiger charge is -2.07. The van der Waals surface area contributed by atoms with E-state index in [2.05, 4.69) is 57.3 Å². The number of benzene rings is 2. The number of hydrogen-bond acceptors (Lipinski definition) is 1. The number of aryl methyl sites for hydroxylation is 1. The third kappa shape index (κ3) is 1.91. The van der Waals surface area contributed by atoms with E-state index < -0.39 is 0 Å². The van der Waals surface area contributed by atoms with Gasteiger partial charge in [-0.05, 0) is 54.2 Å². The predicted molar refractivity (Wildman–Crippen MR) is 80.9 cm³/mol. The lowest BCUT2D eigenvalue weighted by molar-refractivity contribution is 0.987. The molecule has 4 heteroatoms. The number of aromatic nitrogens is 2. The van der Waals surface area contributed by atoms with E-state index in [9.17, 15) is 0 Å². The number of nitrogens with zero attached hydrogens (tertiary/aromatic N) is 1. The van der Waals surface area contributed by atoms with Crippen LogP contribution in [-0.2, 0) is 0 Å². The monoisotopic (exact) mass is 318 g/mol. The average molecular weight is 319 g/mol. The van der Waals surface area contributed by atoms with E-state index >= 15 is 0 Å². The van der Waals surface area contributed by atoms with Crippen molar-refractivity contribution in [3.8, 4) is 5.69 Å². The zero-order chi connectivity index (χ0) is 12.7. The fourth-order valence-electron chi connectivity index (χ4n) is 2.12. The molecule has 3 aromatic rings. The second-order valence-electron chi connectivity index (χ2n) is 4.25. The Balaban J connectivity index is 2.26. The molecular weight excluding hydrogens is 308 g/mol. The summed E-state index contributed by atoms with van der Waals surface area (Å²) in [6, 6.07) is 12.6. The molecule has 0 amide bonds. The third-order valence-electron chi connectivity index (χ3n) is 3.00. The molecule has 2 aromatic carbocycles. The molecule has 1 aromatic heterocycles. The van der Waals surface area contributed by atoms with Gasteiger partial charge in [-0.15, -0.1) is 0 Å². The highest BCUT2D eigenvalue weighted by Crippen LogP contribution is 2.23. The van der Waals surface area contributed by atoms with Crippen LogP contribution in [0.3, 0.4) is 0 Å². The predicted octanol–water partition coefficient (Wildman–Crippen LogP) is 4.76. The van der Waals surface area contributed by atoms with Crippen molar-refractivity contribution < 1.29 is 0 Å². The SMILES string of the molecule is Cc1c[nH]c(=S)n1-c1ccc2cc(Br)ccc2c1. The first-order valence-corrected chi connectivity index (χ1v) is 6.82. The van der Waals surface area contributed by atoms with Gasteiger partial charge in [-0.1, -0.05) is 28.1 Å². The molecule has 0 unspecified atom stereocenters. The summed E-state index contributed by atoms with van der Waals surface area (Å²) in [5, 5.41) is 2.42. The molecule has 3 rings (SSSR count). The van der Waals surface area contributed by atoms with Crippen molar-refractivity contribution in [1.82, 2.24) is 9.55 Å². The van der Waals surface area contributed by atoms with Gasteiger partial charge in [-0.2, -0.15) is 0 Å². The zero-order valence-electron chi connectivity index (χ0n) is 9.77. The van der Waals surface area contributed by atoms with E-state index in [1.807, 2.05) is 17.7 Å². The van der Waals surface area contributed by atoms with Gasteiger partial charge in [0.2, 0.25) is 0 Å². The van der Waals surface area contributed by atoms with Crippen LogP contribution in [0.1, 0.15) is 5.69 Å². The highest BCUT2D eigenvalue weighted by atomic mass is 79.9. The van der Waals surface area contributed by atoms with Crippen molar-refractivity contribution in [2.45, 2.75) is 6.92 Å². The van der Waals surface area contributed by atoms with Gasteiger partial charge in [0.25, 0.3) is 0 Å². The maximum Gasteiger partial charge on any atom is 0.182 e. The summed E-state index contributed by atoms with van der Waals surface area (Å²) in [5.41, 5.74) is 2.20. The maximum atomic E-state index is 5.30. The Morgan fingerprint density at radius 1 is 1.11 bits per heavy atom. The maximum absolute atomic E-state index is 5.30. The number of halogens is 1. The van der Waals surface area contributed by atoms with Crippen LogP contribution in [0, 0.1) is 11.7 Å². The van der Waals surface area contributed by atoms with E-state index in [0.717, 1.165) is 20.6 Å². The molecule has 2 nitrogen and oxygen atoms in total. The van der Waals surface area contributed by atoms with Gasteiger partial charge in [0, 0.05) is 22.1 Å². The van der Waals surface area contributed by atoms with Crippen LogP contribution in [0.4, 0.5) is 0 Å². The summed E-state index contributed by atoms with van der Waals surface area (Å²) in [6.07, 6.45) is 1.92. The molecule has 0 aliphatic rings. The van der Waals surface area contributed by atoms with E-state index in [4.69, 9.17) is 12.2 Å². The fraction of sp³-hybridized carbons (Fsp3) is 0.0714. The molecule has 1 N–H and O–H groups in total. The van der Waals surface area contributed by atoms with Crippen molar-refractivity contribution in [2.24, 2.45) is 0 Å². The molecule has 0 aliphatic carbocycles. The van der Waals surface area contributed by atoms with E-state index in [0.29, 0.717) is 0 Å². The molecule has 1 heterocycles. The van der Waals surface area contributed by atoms with Crippen molar-refractivity contribution in [1.29, 1.82) is 0 Å². The van der Waals surface area contributed by atoms with Crippen LogP contribution in [0.25, 0.3) is 16.5 Å². The van der Waals surface area contributed by atoms with Crippen molar-refractivity contribution in [3.63, 3.8) is 0 Å². The standard InChI is InChI=1S/C14H11BrN2S/c1-9-8-16-14(18)17(9)13-5-3-10-6-12(15)4-2-11(10)7-13/h2-8H,1H3,(H,16,18). The molecule has 0 bridgehead atoms. The first-order valence-electron chi connectivity index (χ1n) is 5.62. The molecule has 18 heavy (non-hydrogen) atoms. The Morgan fingerprint density at radius 3 is 2.56 bits per heavy atom. The van der Waals surface area contributed by atoms with Crippen LogP contribution in [0.5, 0.6) is 0 Å². The lowest BCUT2D eigenvalue weighted by Crippen LogP contribution is -1.96. The minimum Gasteiger partial charge on any atom is -0.337 e. The highest BCUT2D eigenvalue weighted by Gasteiger charge is 2.03. The molecule has 0 radical (unpaired) electrons. The van der Waals surface area contributed by atoms with Gasteiger partial charge in [0.1, 0.15) is 0 Å². The lowest BCUT2D eigenvalue weighted by atomic mass is 10.1. The van der Waals surface area contributed by atoms with Gasteiger partial charge < -0.3 is 4.98 Å². The average Bonchev–Trinajstić information content (AvgIpc) is 2.69. The van der Waals surface area contributed by atoms with Crippen molar-refractivity contribution in [2.75, 3.05) is 0 Å². The smallest absolute Gasteiger partial charge is 0.182 e. The van der Waals surface area contributed by atoms with Crippen LogP contribution >= 0.6 is 28.1 Å². The quantitative estimate of drug-likeness (QED) is 0.641. The van der Waals surface area contributed by atoms with E-state index in [1.54, 1.807) is 0 Å². The second kappa shape index (κ2) is 4.37. The largest absolute Gasteiger partial charge is 0.337 e. The molecule has 0 fully saturated rings. The van der Waals surface area contributed by atoms with Crippen LogP contribution in [-0.4, -0.2) is 9.55 Å². The summed E-state index contributed by atoms with van der Waals surface area (Å²) in [4.78, 5) is 3.06. The third-order valence-corrected chi connectivity index (χ3v) is 3.80. The van der Waals surface area contributed by atoms with Crippen LogP contribution in [0.2, 0.25) is 0 Å². The Hall–Kier alpha value is -1.39. The first kappa shape index (κ1) is 11.7. The Morgan fingerprint density at radius 2 is 1.83 bits per heavy atom. The molecule has 0 saturated heterocycles. The highest BCUT2D eigenvalue weighted by molar-refractivity contribution is 9.10. The van der Waals surface area contributed by atoms with Gasteiger partial charge in [0.15, 0.2) is 4.77 Å². The number of fused-ring (bicyclic) bond motifs is 1. The first-order chi connectivity index (χ1) is 8.65. The van der Waals surface area contributed by atoms with Crippen LogP contribution < -0.4 is 0 Å². The van der Waals surface area contributed by atoms with Gasteiger partial charge in [-0.3, -0.25) is 4.57 Å². The molecule has 0 saturated carbocycles. The van der Waals surface area contributed by atoms with Crippen molar-refractivity contribution in [3.05, 3.63) is 57.5 Å². The minimum absolute atomic E-state index is 0.726. The van der Waals surface area contributed by atoms with E-state index in [-0.39, 0.29) is 0 Å². The number of rotatable bonds is 1. The molecule has 90 valence electrons. The Kier molecular flexibility index (Phi) is 2.84. The number of nitrogens with one attached hydrogen (secondary N) is 1. The molecular formula is C14H11BrN2S. The number of imidazole rings is 1. The summed E-state index contributed by atoms with van der Waals surface area (Å²) in [6.45, 7) is 2.04. The van der Waals surface area contributed by atoms with E-state index in [1.165, 1.54) is 10.8 Å². The van der Waals surface area contributed by atoms with Crippen molar-refractivity contribution >= 4 is 38.9 Å². The molecule has 0 atom stereocenters. The number of hydrogen-bond donors (Lipinski definition) is 1. The number of H-pyrrole nitrogens is 1. The fourth-order valence-corrected chi connectivity index (χ4v) is 2.81. The van der Waals surface area contributed by atoms with Gasteiger partial charge in [0.05, 0.1) is 0 Å². The summed E-state index contributed by atoms with van der Waals surface area (Å²) < 4.78 is 3.86. The summed E-state index contributed by atoms with van der Waals surface area (Å²) in [5.74, 6) is 0. The Labute approximate surface area is 118 Å². The number of aromatic amines is 1. The summed E-state index contributed by atoms with van der Waals surface area (Å²) in [7, 11) is 0. The second-order valence-corrected chi connectivity index (χ2v) is 5.55. The minimum atomic E-state index is 0.726. The zero-order valence-corrected chi connectivity index (χ0v) is 12.2. The normalized spacial score (nSPS) is 11.0. The topological polar surface area (TPSA) is 20.7 Å². The van der Waals surface area contributed by atoms with Crippen LogP contribution in [0.15, 0.2) is 47.1 Å². The molecule has 0 aliphatic heterocycles. The van der Waals surface area contributed by atoms with Gasteiger partial charge in [-0.25, -0.2) is 0 Å².